The van der Waals surface area contributed by atoms with Gasteiger partial charge in [0, 0.05) is 43.4 Å². The quantitative estimate of drug-likeness (QED) is 0.208. The average Bonchev–Trinajstić information content (AvgIpc) is 3.69. The molecule has 12 heteroatoms. The molecule has 226 valence electrons. The van der Waals surface area contributed by atoms with Crippen molar-refractivity contribution in [1.82, 2.24) is 9.80 Å². The standard InChI is InChI=1S/C29H30ClN3O4.C2H2O4/c30-22-7-4-8-23(16-22)32-13-11-31(12-14-32)17-24(37-29(36)19-5-2-1-3-6-19)18-33-27(34)25-20-9-10-21(15-20)26(25)28(33)35;3-1(4)2(5)6/h1-10,16,20-21,24-26H,11-15,17-18H2;(H,3,4)(H,5,6)/t20-,21?,24?,25-,26?;/m0./s1. The van der Waals surface area contributed by atoms with E-state index in [0.29, 0.717) is 17.1 Å². The third-order valence-corrected chi connectivity index (χ3v) is 8.66. The number of anilines is 1. The normalized spacial score (nSPS) is 24.8. The number of fused-ring (bicyclic) bond motifs is 5. The molecule has 2 bridgehead atoms. The van der Waals surface area contributed by atoms with E-state index in [1.165, 1.54) is 4.90 Å². The van der Waals surface area contributed by atoms with E-state index < -0.39 is 24.0 Å². The molecule has 0 aromatic heterocycles. The van der Waals surface area contributed by atoms with Crippen molar-refractivity contribution in [3.8, 4) is 0 Å². The summed E-state index contributed by atoms with van der Waals surface area (Å²) in [6.07, 6.45) is 4.46. The molecule has 2 aromatic rings. The lowest BCUT2D eigenvalue weighted by Gasteiger charge is -2.38. The second-order valence-corrected chi connectivity index (χ2v) is 11.5. The molecule has 2 saturated heterocycles. The number of ether oxygens (including phenoxy) is 1. The number of amides is 2. The van der Waals surface area contributed by atoms with Gasteiger partial charge in [0.05, 0.1) is 23.9 Å². The average molecular weight is 610 g/mol. The lowest BCUT2D eigenvalue weighted by Crippen LogP contribution is -2.51. The number of carboxylic acids is 2. The predicted molar refractivity (Wildman–Crippen MR) is 155 cm³/mol. The molecule has 0 spiro atoms. The highest BCUT2D eigenvalue weighted by atomic mass is 35.5. The zero-order valence-corrected chi connectivity index (χ0v) is 24.0. The van der Waals surface area contributed by atoms with Crippen LogP contribution in [0.3, 0.4) is 0 Å². The molecule has 2 heterocycles. The third-order valence-electron chi connectivity index (χ3n) is 8.42. The van der Waals surface area contributed by atoms with Crippen LogP contribution in [0, 0.1) is 23.7 Å². The summed E-state index contributed by atoms with van der Waals surface area (Å²) >= 11 is 6.17. The van der Waals surface area contributed by atoms with Crippen molar-refractivity contribution in [1.29, 1.82) is 0 Å². The van der Waals surface area contributed by atoms with Crippen molar-refractivity contribution in [3.05, 3.63) is 77.3 Å². The summed E-state index contributed by atoms with van der Waals surface area (Å²) in [7, 11) is 0. The van der Waals surface area contributed by atoms with Crippen LogP contribution in [-0.4, -0.2) is 95.1 Å². The molecule has 3 unspecified atom stereocenters. The van der Waals surface area contributed by atoms with Gasteiger partial charge in [-0.25, -0.2) is 14.4 Å². The summed E-state index contributed by atoms with van der Waals surface area (Å²) in [6, 6.07) is 16.7. The van der Waals surface area contributed by atoms with Gasteiger partial charge < -0.3 is 19.8 Å². The van der Waals surface area contributed by atoms with Gasteiger partial charge in [-0.05, 0) is 48.6 Å². The van der Waals surface area contributed by atoms with Crippen LogP contribution in [0.2, 0.25) is 5.02 Å². The molecular weight excluding hydrogens is 578 g/mol. The number of aliphatic carboxylic acids is 2. The summed E-state index contributed by atoms with van der Waals surface area (Å²) in [5.74, 6) is -4.52. The number of esters is 1. The maximum atomic E-state index is 13.3. The summed E-state index contributed by atoms with van der Waals surface area (Å²) in [5, 5.41) is 15.5. The Morgan fingerprint density at radius 2 is 1.44 bits per heavy atom. The Labute approximate surface area is 253 Å². The van der Waals surface area contributed by atoms with Gasteiger partial charge in [-0.15, -0.1) is 0 Å². The largest absolute Gasteiger partial charge is 0.473 e. The molecule has 1 saturated carbocycles. The molecule has 3 fully saturated rings. The smallest absolute Gasteiger partial charge is 0.414 e. The second kappa shape index (κ2) is 13.0. The van der Waals surface area contributed by atoms with E-state index in [1.54, 1.807) is 24.3 Å². The van der Waals surface area contributed by atoms with Crippen LogP contribution in [0.4, 0.5) is 5.69 Å². The van der Waals surface area contributed by atoms with Crippen LogP contribution in [0.1, 0.15) is 16.8 Å². The maximum Gasteiger partial charge on any atom is 0.414 e. The van der Waals surface area contributed by atoms with Gasteiger partial charge in [0.1, 0.15) is 6.10 Å². The highest BCUT2D eigenvalue weighted by Gasteiger charge is 2.59. The molecule has 2 aliphatic heterocycles. The topological polar surface area (TPSA) is 145 Å². The third kappa shape index (κ3) is 6.73. The van der Waals surface area contributed by atoms with Gasteiger partial charge in [-0.3, -0.25) is 19.4 Å². The van der Waals surface area contributed by atoms with Gasteiger partial charge in [0.25, 0.3) is 0 Å². The first-order valence-electron chi connectivity index (χ1n) is 14.1. The summed E-state index contributed by atoms with van der Waals surface area (Å²) in [4.78, 5) is 63.6. The maximum absolute atomic E-state index is 13.3. The fourth-order valence-corrected chi connectivity index (χ4v) is 6.61. The molecule has 2 aliphatic carbocycles. The molecular formula is C31H32ClN3O8. The summed E-state index contributed by atoms with van der Waals surface area (Å²) in [6.45, 7) is 3.71. The Morgan fingerprint density at radius 1 is 0.837 bits per heavy atom. The number of rotatable bonds is 7. The van der Waals surface area contributed by atoms with E-state index in [2.05, 4.69) is 28.0 Å². The Hall–Kier alpha value is -4.22. The number of benzene rings is 2. The van der Waals surface area contributed by atoms with Gasteiger partial charge in [0.2, 0.25) is 11.8 Å². The number of likely N-dealkylation sites (tertiary alicyclic amines) is 1. The zero-order valence-electron chi connectivity index (χ0n) is 23.3. The van der Waals surface area contributed by atoms with Crippen LogP contribution in [0.5, 0.6) is 0 Å². The Balaban J connectivity index is 0.000000559. The lowest BCUT2D eigenvalue weighted by molar-refractivity contribution is -0.159. The SMILES string of the molecule is O=C(O)C(=O)O.O=C(OC(CN1CCN(c2cccc(Cl)c2)CC1)CN1C(=O)C2C3C=C[C@@H](C3)[C@@H]2C1=O)c1ccccc1. The van der Waals surface area contributed by atoms with Crippen LogP contribution < -0.4 is 4.90 Å². The minimum Gasteiger partial charge on any atom is -0.473 e. The number of piperazine rings is 1. The molecule has 2 aromatic carbocycles. The fraction of sp³-hybridized carbons (Fsp3) is 0.387. The van der Waals surface area contributed by atoms with E-state index >= 15 is 0 Å². The first-order valence-corrected chi connectivity index (χ1v) is 14.5. The lowest BCUT2D eigenvalue weighted by atomic mass is 9.85. The predicted octanol–water partition coefficient (Wildman–Crippen LogP) is 2.65. The Kier molecular flexibility index (Phi) is 9.12. The molecule has 0 radical (unpaired) electrons. The summed E-state index contributed by atoms with van der Waals surface area (Å²) in [5.41, 5.74) is 1.54. The highest BCUT2D eigenvalue weighted by molar-refractivity contribution is 6.30. The van der Waals surface area contributed by atoms with Crippen LogP contribution in [-0.2, 0) is 23.9 Å². The molecule has 2 amide bonds. The molecule has 4 aliphatic rings. The van der Waals surface area contributed by atoms with Crippen LogP contribution >= 0.6 is 11.6 Å². The highest BCUT2D eigenvalue weighted by Crippen LogP contribution is 2.52. The first kappa shape index (κ1) is 30.2. The van der Waals surface area contributed by atoms with Crippen molar-refractivity contribution < 1.29 is 38.9 Å². The van der Waals surface area contributed by atoms with Crippen LogP contribution in [0.15, 0.2) is 66.7 Å². The number of imide groups is 1. The van der Waals surface area contributed by atoms with Crippen molar-refractivity contribution in [3.63, 3.8) is 0 Å². The molecule has 43 heavy (non-hydrogen) atoms. The van der Waals surface area contributed by atoms with Gasteiger partial charge >= 0.3 is 17.9 Å². The number of hydrogen-bond acceptors (Lipinski definition) is 8. The number of carbonyl (C=O) groups excluding carboxylic acids is 3. The molecule has 5 atom stereocenters. The monoisotopic (exact) mass is 609 g/mol. The zero-order chi connectivity index (χ0) is 30.7. The van der Waals surface area contributed by atoms with Gasteiger partial charge in [-0.2, -0.15) is 0 Å². The van der Waals surface area contributed by atoms with E-state index in [-0.39, 0.29) is 42.0 Å². The summed E-state index contributed by atoms with van der Waals surface area (Å²) < 4.78 is 5.94. The Bertz CT molecular complexity index is 1380. The van der Waals surface area contributed by atoms with Crippen molar-refractivity contribution in [2.75, 3.05) is 44.2 Å². The molecule has 11 nitrogen and oxygen atoms in total. The number of allylic oxidation sites excluding steroid dienone is 2. The minimum absolute atomic E-state index is 0.0944. The van der Waals surface area contributed by atoms with E-state index in [9.17, 15) is 14.4 Å². The van der Waals surface area contributed by atoms with Crippen molar-refractivity contribution in [2.24, 2.45) is 23.7 Å². The number of carboxylic acid groups (broad SMARTS) is 2. The number of nitrogens with zero attached hydrogens (tertiary/aromatic N) is 3. The fourth-order valence-electron chi connectivity index (χ4n) is 6.42. The van der Waals surface area contributed by atoms with E-state index in [1.807, 2.05) is 24.3 Å². The number of carbonyl (C=O) groups is 5. The molecule has 2 N–H and O–H groups in total. The van der Waals surface area contributed by atoms with E-state index in [0.717, 1.165) is 38.3 Å². The minimum atomic E-state index is -1.82. The van der Waals surface area contributed by atoms with Crippen molar-refractivity contribution in [2.45, 2.75) is 12.5 Å². The first-order chi connectivity index (χ1) is 20.6. The Morgan fingerprint density at radius 3 is 2.00 bits per heavy atom. The number of halogens is 1. The molecule has 6 rings (SSSR count). The number of hydrogen-bond donors (Lipinski definition) is 2. The van der Waals surface area contributed by atoms with Crippen molar-refractivity contribution >= 4 is 47.0 Å². The second-order valence-electron chi connectivity index (χ2n) is 11.1. The van der Waals surface area contributed by atoms with E-state index in [4.69, 9.17) is 36.1 Å². The van der Waals surface area contributed by atoms with Crippen LogP contribution in [0.25, 0.3) is 0 Å². The van der Waals surface area contributed by atoms with Gasteiger partial charge in [0.15, 0.2) is 0 Å². The van der Waals surface area contributed by atoms with Gasteiger partial charge in [-0.1, -0.05) is 48.0 Å².